The summed E-state index contributed by atoms with van der Waals surface area (Å²) in [5.74, 6) is 0. The van der Waals surface area contributed by atoms with Crippen LogP contribution in [-0.2, 0) is 4.74 Å². The third-order valence-corrected chi connectivity index (χ3v) is 2.72. The Hall–Kier alpha value is -0.930. The molecule has 2 unspecified atom stereocenters. The highest BCUT2D eigenvalue weighted by Gasteiger charge is 2.25. The average Bonchev–Trinajstić information content (AvgIpc) is 2.56. The highest BCUT2D eigenvalue weighted by Crippen LogP contribution is 2.21. The van der Waals surface area contributed by atoms with Crippen LogP contribution in [0.2, 0.25) is 0 Å². The Labute approximate surface area is 88.2 Å². The van der Waals surface area contributed by atoms with Gasteiger partial charge in [0, 0.05) is 11.4 Å². The van der Waals surface area contributed by atoms with E-state index in [1.807, 2.05) is 24.3 Å². The standard InChI is InChI=1S/C10H13ClN2O/c11-10-9(5-6-14-10)13-8-3-1-7(12)2-4-8/h1-4,9-10,13H,5-6,12H2. The molecule has 0 bridgehead atoms. The fraction of sp³-hybridized carbons (Fsp3) is 0.400. The second-order valence-corrected chi connectivity index (χ2v) is 3.81. The van der Waals surface area contributed by atoms with E-state index in [1.54, 1.807) is 0 Å². The molecular formula is C10H13ClN2O. The number of ether oxygens (including phenoxy) is 1. The first-order valence-electron chi connectivity index (χ1n) is 4.63. The summed E-state index contributed by atoms with van der Waals surface area (Å²) >= 11 is 5.95. The number of hydrogen-bond donors (Lipinski definition) is 2. The number of alkyl halides is 1. The summed E-state index contributed by atoms with van der Waals surface area (Å²) in [6.45, 7) is 0.723. The molecule has 1 aromatic carbocycles. The van der Waals surface area contributed by atoms with Crippen molar-refractivity contribution in [2.75, 3.05) is 17.7 Å². The van der Waals surface area contributed by atoms with Gasteiger partial charge in [-0.2, -0.15) is 0 Å². The molecule has 3 nitrogen and oxygen atoms in total. The summed E-state index contributed by atoms with van der Waals surface area (Å²) in [6, 6.07) is 7.80. The molecule has 0 saturated carbocycles. The molecule has 0 aliphatic carbocycles. The predicted octanol–water partition coefficient (Wildman–Crippen LogP) is 2.03. The molecule has 1 heterocycles. The molecular weight excluding hydrogens is 200 g/mol. The van der Waals surface area contributed by atoms with Gasteiger partial charge in [0.25, 0.3) is 0 Å². The molecule has 1 aliphatic rings. The molecule has 1 saturated heterocycles. The molecule has 4 heteroatoms. The smallest absolute Gasteiger partial charge is 0.151 e. The molecule has 3 N–H and O–H groups in total. The molecule has 1 fully saturated rings. The van der Waals surface area contributed by atoms with Crippen LogP contribution in [0.5, 0.6) is 0 Å². The Bertz CT molecular complexity index is 301. The summed E-state index contributed by atoms with van der Waals surface area (Å²) < 4.78 is 5.24. The van der Waals surface area contributed by atoms with E-state index in [9.17, 15) is 0 Å². The van der Waals surface area contributed by atoms with Crippen LogP contribution in [0.3, 0.4) is 0 Å². The van der Waals surface area contributed by atoms with Gasteiger partial charge in [-0.3, -0.25) is 0 Å². The molecule has 1 aromatic rings. The van der Waals surface area contributed by atoms with Crippen LogP contribution in [0.25, 0.3) is 0 Å². The van der Waals surface area contributed by atoms with Gasteiger partial charge in [-0.05, 0) is 30.7 Å². The summed E-state index contributed by atoms with van der Waals surface area (Å²) in [4.78, 5) is 0. The van der Waals surface area contributed by atoms with Gasteiger partial charge in [0.2, 0.25) is 0 Å². The summed E-state index contributed by atoms with van der Waals surface area (Å²) in [6.07, 6.45) is 0.943. The monoisotopic (exact) mass is 212 g/mol. The lowest BCUT2D eigenvalue weighted by Crippen LogP contribution is -2.24. The van der Waals surface area contributed by atoms with Gasteiger partial charge < -0.3 is 15.8 Å². The molecule has 0 spiro atoms. The van der Waals surface area contributed by atoms with E-state index in [4.69, 9.17) is 22.1 Å². The van der Waals surface area contributed by atoms with Crippen LogP contribution in [0.4, 0.5) is 11.4 Å². The maximum absolute atomic E-state index is 5.95. The largest absolute Gasteiger partial charge is 0.399 e. The lowest BCUT2D eigenvalue weighted by molar-refractivity contribution is 0.165. The highest BCUT2D eigenvalue weighted by molar-refractivity contribution is 6.20. The van der Waals surface area contributed by atoms with Gasteiger partial charge in [0.1, 0.15) is 0 Å². The quantitative estimate of drug-likeness (QED) is 0.583. The van der Waals surface area contributed by atoms with Crippen LogP contribution in [0.15, 0.2) is 24.3 Å². The number of nitrogens with one attached hydrogen (secondary N) is 1. The van der Waals surface area contributed by atoms with Gasteiger partial charge in [-0.25, -0.2) is 0 Å². The fourth-order valence-electron chi connectivity index (χ4n) is 1.49. The van der Waals surface area contributed by atoms with Crippen molar-refractivity contribution in [3.63, 3.8) is 0 Å². The first kappa shape index (κ1) is 9.62. The molecule has 1 aliphatic heterocycles. The van der Waals surface area contributed by atoms with E-state index in [0.717, 1.165) is 24.4 Å². The second kappa shape index (κ2) is 4.07. The Morgan fingerprint density at radius 3 is 2.64 bits per heavy atom. The lowest BCUT2D eigenvalue weighted by atomic mass is 10.2. The molecule has 0 aromatic heterocycles. The topological polar surface area (TPSA) is 47.3 Å². The molecule has 0 amide bonds. The fourth-order valence-corrected chi connectivity index (χ4v) is 1.76. The maximum atomic E-state index is 5.95. The van der Waals surface area contributed by atoms with E-state index >= 15 is 0 Å². The Morgan fingerprint density at radius 2 is 2.07 bits per heavy atom. The van der Waals surface area contributed by atoms with E-state index < -0.39 is 0 Å². The Morgan fingerprint density at radius 1 is 1.36 bits per heavy atom. The van der Waals surface area contributed by atoms with Gasteiger partial charge in [-0.15, -0.1) is 0 Å². The first-order valence-corrected chi connectivity index (χ1v) is 5.07. The number of halogens is 1. The average molecular weight is 213 g/mol. The number of hydrogen-bond acceptors (Lipinski definition) is 3. The van der Waals surface area contributed by atoms with Gasteiger partial charge in [0.15, 0.2) is 5.56 Å². The summed E-state index contributed by atoms with van der Waals surface area (Å²) in [5.41, 5.74) is 7.15. The lowest BCUT2D eigenvalue weighted by Gasteiger charge is -2.15. The minimum atomic E-state index is -0.229. The van der Waals surface area contributed by atoms with Crippen LogP contribution in [-0.4, -0.2) is 18.2 Å². The van der Waals surface area contributed by atoms with Crippen LogP contribution < -0.4 is 11.1 Å². The normalized spacial score (nSPS) is 26.4. The highest BCUT2D eigenvalue weighted by atomic mass is 35.5. The molecule has 0 radical (unpaired) electrons. The van der Waals surface area contributed by atoms with Gasteiger partial charge in [-0.1, -0.05) is 11.6 Å². The maximum Gasteiger partial charge on any atom is 0.151 e. The van der Waals surface area contributed by atoms with E-state index in [2.05, 4.69) is 5.32 Å². The van der Waals surface area contributed by atoms with E-state index in [1.165, 1.54) is 0 Å². The number of nitrogen functional groups attached to an aromatic ring is 1. The minimum Gasteiger partial charge on any atom is -0.399 e. The first-order chi connectivity index (χ1) is 6.75. The SMILES string of the molecule is Nc1ccc(NC2CCOC2Cl)cc1. The van der Waals surface area contributed by atoms with Crippen molar-refractivity contribution in [2.24, 2.45) is 0 Å². The Kier molecular flexibility index (Phi) is 2.79. The van der Waals surface area contributed by atoms with Gasteiger partial charge >= 0.3 is 0 Å². The molecule has 2 rings (SSSR count). The zero-order valence-corrected chi connectivity index (χ0v) is 8.50. The van der Waals surface area contributed by atoms with E-state index in [0.29, 0.717) is 0 Å². The number of anilines is 2. The van der Waals surface area contributed by atoms with Crippen molar-refractivity contribution in [3.05, 3.63) is 24.3 Å². The molecule has 14 heavy (non-hydrogen) atoms. The zero-order valence-electron chi connectivity index (χ0n) is 7.74. The second-order valence-electron chi connectivity index (χ2n) is 3.38. The third-order valence-electron chi connectivity index (χ3n) is 2.29. The van der Waals surface area contributed by atoms with Crippen molar-refractivity contribution in [1.29, 1.82) is 0 Å². The van der Waals surface area contributed by atoms with Crippen molar-refractivity contribution in [2.45, 2.75) is 18.0 Å². The van der Waals surface area contributed by atoms with Crippen LogP contribution >= 0.6 is 11.6 Å². The van der Waals surface area contributed by atoms with Crippen LogP contribution in [0.1, 0.15) is 6.42 Å². The Balaban J connectivity index is 2.00. The van der Waals surface area contributed by atoms with Crippen molar-refractivity contribution in [1.82, 2.24) is 0 Å². The molecule has 2 atom stereocenters. The van der Waals surface area contributed by atoms with Crippen molar-refractivity contribution < 1.29 is 4.74 Å². The van der Waals surface area contributed by atoms with Crippen molar-refractivity contribution in [3.8, 4) is 0 Å². The number of rotatable bonds is 2. The van der Waals surface area contributed by atoms with E-state index in [-0.39, 0.29) is 11.6 Å². The predicted molar refractivity (Wildman–Crippen MR) is 58.5 cm³/mol. The molecule has 76 valence electrons. The van der Waals surface area contributed by atoms with Crippen LogP contribution in [0, 0.1) is 0 Å². The zero-order chi connectivity index (χ0) is 9.97. The third kappa shape index (κ3) is 2.11. The number of benzene rings is 1. The van der Waals surface area contributed by atoms with Gasteiger partial charge in [0.05, 0.1) is 12.6 Å². The minimum absolute atomic E-state index is 0.195. The van der Waals surface area contributed by atoms with Crippen molar-refractivity contribution >= 4 is 23.0 Å². The summed E-state index contributed by atoms with van der Waals surface area (Å²) in [7, 11) is 0. The summed E-state index contributed by atoms with van der Waals surface area (Å²) in [5, 5.41) is 3.31. The number of nitrogens with two attached hydrogens (primary N) is 1.